The summed E-state index contributed by atoms with van der Waals surface area (Å²) < 4.78 is 5.95. The Hall–Kier alpha value is -0.800. The second-order valence-electron chi connectivity index (χ2n) is 6.62. The number of hydrogen-bond donors (Lipinski definition) is 1. The van der Waals surface area contributed by atoms with E-state index in [4.69, 9.17) is 4.42 Å². The van der Waals surface area contributed by atoms with Gasteiger partial charge in [0.15, 0.2) is 0 Å². The highest BCUT2D eigenvalue weighted by Gasteiger charge is 2.36. The van der Waals surface area contributed by atoms with Crippen molar-refractivity contribution in [1.82, 2.24) is 10.2 Å². The normalized spacial score (nSPS) is 26.3. The Kier molecular flexibility index (Phi) is 4.47. The smallest absolute Gasteiger partial charge is 0.118 e. The summed E-state index contributed by atoms with van der Waals surface area (Å²) in [7, 11) is 0. The average molecular weight is 276 g/mol. The summed E-state index contributed by atoms with van der Waals surface area (Å²) in [5, 5.41) is 3.46. The molecule has 20 heavy (non-hydrogen) atoms. The van der Waals surface area contributed by atoms with Crippen LogP contribution < -0.4 is 5.32 Å². The van der Waals surface area contributed by atoms with Crippen LogP contribution in [0.2, 0.25) is 0 Å². The molecule has 3 heteroatoms. The minimum absolute atomic E-state index is 0.939. The first kappa shape index (κ1) is 14.2. The molecule has 1 N–H and O–H groups in total. The van der Waals surface area contributed by atoms with E-state index in [2.05, 4.69) is 30.1 Å². The van der Waals surface area contributed by atoms with E-state index in [-0.39, 0.29) is 0 Å². The van der Waals surface area contributed by atoms with Crippen LogP contribution >= 0.6 is 0 Å². The summed E-state index contributed by atoms with van der Waals surface area (Å²) >= 11 is 0. The lowest BCUT2D eigenvalue weighted by Gasteiger charge is -2.14. The standard InChI is InChI=1S/C17H28N2O/c1-3-7-18-9-16-8-17(20-13(16)2)12-19-10-14-5-4-6-15(14)11-19/h8,14-15,18H,3-7,9-12H2,1-2H3. The molecular weight excluding hydrogens is 248 g/mol. The summed E-state index contributed by atoms with van der Waals surface area (Å²) in [5.74, 6) is 4.17. The molecule has 3 rings (SSSR count). The van der Waals surface area contributed by atoms with Crippen LogP contribution in [0.3, 0.4) is 0 Å². The van der Waals surface area contributed by atoms with Crippen molar-refractivity contribution in [3.8, 4) is 0 Å². The van der Waals surface area contributed by atoms with Gasteiger partial charge in [-0.05, 0) is 50.6 Å². The summed E-state index contributed by atoms with van der Waals surface area (Å²) in [5.41, 5.74) is 1.33. The summed E-state index contributed by atoms with van der Waals surface area (Å²) in [4.78, 5) is 2.59. The molecule has 1 aromatic heterocycles. The fraction of sp³-hybridized carbons (Fsp3) is 0.765. The van der Waals surface area contributed by atoms with E-state index in [0.717, 1.165) is 43.0 Å². The SMILES string of the molecule is CCCNCc1cc(CN2CC3CCCC3C2)oc1C. The zero-order valence-electron chi connectivity index (χ0n) is 13.0. The molecule has 1 saturated heterocycles. The van der Waals surface area contributed by atoms with Gasteiger partial charge in [-0.15, -0.1) is 0 Å². The molecule has 0 bridgehead atoms. The van der Waals surface area contributed by atoms with Crippen molar-refractivity contribution < 1.29 is 4.42 Å². The number of rotatable bonds is 6. The molecular formula is C17H28N2O. The van der Waals surface area contributed by atoms with Gasteiger partial charge in [-0.25, -0.2) is 0 Å². The minimum Gasteiger partial charge on any atom is -0.465 e. The van der Waals surface area contributed by atoms with E-state index in [1.165, 1.54) is 44.3 Å². The van der Waals surface area contributed by atoms with Crippen LogP contribution in [-0.2, 0) is 13.1 Å². The third kappa shape index (κ3) is 3.09. The lowest BCUT2D eigenvalue weighted by atomic mass is 10.0. The van der Waals surface area contributed by atoms with E-state index in [9.17, 15) is 0 Å². The van der Waals surface area contributed by atoms with Crippen molar-refractivity contribution in [2.24, 2.45) is 11.8 Å². The highest BCUT2D eigenvalue weighted by molar-refractivity contribution is 5.20. The summed E-state index contributed by atoms with van der Waals surface area (Å²) in [6, 6.07) is 2.26. The van der Waals surface area contributed by atoms with Crippen molar-refractivity contribution in [3.05, 3.63) is 23.2 Å². The maximum atomic E-state index is 5.95. The minimum atomic E-state index is 0.939. The molecule has 2 aliphatic rings. The predicted octanol–water partition coefficient (Wildman–Crippen LogP) is 3.32. The maximum absolute atomic E-state index is 5.95. The fourth-order valence-electron chi connectivity index (χ4n) is 3.92. The molecule has 2 fully saturated rings. The number of fused-ring (bicyclic) bond motifs is 1. The molecule has 0 radical (unpaired) electrons. The Morgan fingerprint density at radius 2 is 2.05 bits per heavy atom. The van der Waals surface area contributed by atoms with Gasteiger partial charge in [0.1, 0.15) is 11.5 Å². The van der Waals surface area contributed by atoms with Gasteiger partial charge < -0.3 is 9.73 Å². The Morgan fingerprint density at radius 1 is 1.30 bits per heavy atom. The highest BCUT2D eigenvalue weighted by atomic mass is 16.3. The first-order valence-electron chi connectivity index (χ1n) is 8.27. The van der Waals surface area contributed by atoms with Crippen molar-refractivity contribution in [2.45, 2.75) is 52.6 Å². The van der Waals surface area contributed by atoms with Crippen LogP contribution in [0.4, 0.5) is 0 Å². The molecule has 2 atom stereocenters. The second kappa shape index (κ2) is 6.31. The van der Waals surface area contributed by atoms with Crippen LogP contribution in [-0.4, -0.2) is 24.5 Å². The van der Waals surface area contributed by atoms with Gasteiger partial charge in [0, 0.05) is 25.2 Å². The Bertz CT molecular complexity index is 428. The number of hydrogen-bond acceptors (Lipinski definition) is 3. The molecule has 112 valence electrons. The van der Waals surface area contributed by atoms with Crippen molar-refractivity contribution >= 4 is 0 Å². The fourth-order valence-corrected chi connectivity index (χ4v) is 3.92. The van der Waals surface area contributed by atoms with E-state index in [1.807, 2.05) is 0 Å². The predicted molar refractivity (Wildman–Crippen MR) is 81.6 cm³/mol. The van der Waals surface area contributed by atoms with Crippen molar-refractivity contribution in [1.29, 1.82) is 0 Å². The molecule has 1 aromatic rings. The summed E-state index contributed by atoms with van der Waals surface area (Å²) in [6.07, 6.45) is 5.53. The van der Waals surface area contributed by atoms with E-state index >= 15 is 0 Å². The third-order valence-electron chi connectivity index (χ3n) is 5.00. The number of furan rings is 1. The van der Waals surface area contributed by atoms with Gasteiger partial charge in [0.2, 0.25) is 0 Å². The van der Waals surface area contributed by atoms with Crippen LogP contribution in [0, 0.1) is 18.8 Å². The van der Waals surface area contributed by atoms with Crippen molar-refractivity contribution in [3.63, 3.8) is 0 Å². The zero-order chi connectivity index (χ0) is 13.9. The lowest BCUT2D eigenvalue weighted by Crippen LogP contribution is -2.20. The first-order valence-corrected chi connectivity index (χ1v) is 8.27. The van der Waals surface area contributed by atoms with Crippen LogP contribution in [0.5, 0.6) is 0 Å². The molecule has 1 aliphatic carbocycles. The van der Waals surface area contributed by atoms with Gasteiger partial charge in [0.05, 0.1) is 6.54 Å². The summed E-state index contributed by atoms with van der Waals surface area (Å²) in [6.45, 7) is 9.88. The number of nitrogens with one attached hydrogen (secondary N) is 1. The van der Waals surface area contributed by atoms with Gasteiger partial charge >= 0.3 is 0 Å². The Balaban J connectivity index is 1.54. The molecule has 0 aromatic carbocycles. The molecule has 3 nitrogen and oxygen atoms in total. The molecule has 0 amide bonds. The third-order valence-corrected chi connectivity index (χ3v) is 5.00. The van der Waals surface area contributed by atoms with Crippen LogP contribution in [0.1, 0.15) is 49.7 Å². The van der Waals surface area contributed by atoms with Crippen LogP contribution in [0.25, 0.3) is 0 Å². The molecule has 1 aliphatic heterocycles. The van der Waals surface area contributed by atoms with E-state index in [0.29, 0.717) is 0 Å². The van der Waals surface area contributed by atoms with Crippen molar-refractivity contribution in [2.75, 3.05) is 19.6 Å². The quantitative estimate of drug-likeness (QED) is 0.808. The van der Waals surface area contributed by atoms with Gasteiger partial charge in [-0.2, -0.15) is 0 Å². The van der Waals surface area contributed by atoms with Crippen LogP contribution in [0.15, 0.2) is 10.5 Å². The largest absolute Gasteiger partial charge is 0.465 e. The van der Waals surface area contributed by atoms with E-state index < -0.39 is 0 Å². The second-order valence-corrected chi connectivity index (χ2v) is 6.62. The molecule has 2 heterocycles. The molecule has 0 spiro atoms. The Labute approximate surface area is 122 Å². The highest BCUT2D eigenvalue weighted by Crippen LogP contribution is 2.38. The molecule has 2 unspecified atom stereocenters. The number of nitrogens with zero attached hydrogens (tertiary/aromatic N) is 1. The van der Waals surface area contributed by atoms with Gasteiger partial charge in [-0.1, -0.05) is 13.3 Å². The number of likely N-dealkylation sites (tertiary alicyclic amines) is 1. The maximum Gasteiger partial charge on any atom is 0.118 e. The molecule has 1 saturated carbocycles. The Morgan fingerprint density at radius 3 is 2.75 bits per heavy atom. The topological polar surface area (TPSA) is 28.4 Å². The van der Waals surface area contributed by atoms with Gasteiger partial charge in [0.25, 0.3) is 0 Å². The zero-order valence-corrected chi connectivity index (χ0v) is 13.0. The lowest BCUT2D eigenvalue weighted by molar-refractivity contribution is 0.274. The average Bonchev–Trinajstić information content (AvgIpc) is 3.06. The number of aryl methyl sites for hydroxylation is 1. The van der Waals surface area contributed by atoms with Gasteiger partial charge in [-0.3, -0.25) is 4.90 Å². The first-order chi connectivity index (χ1) is 9.76. The van der Waals surface area contributed by atoms with E-state index in [1.54, 1.807) is 0 Å². The monoisotopic (exact) mass is 276 g/mol.